The quantitative estimate of drug-likeness (QED) is 0.189. The van der Waals surface area contributed by atoms with Crippen LogP contribution in [0.15, 0.2) is 12.1 Å². The average Bonchev–Trinajstić information content (AvgIpc) is 2.76. The van der Waals surface area contributed by atoms with E-state index in [1.807, 2.05) is 0 Å². The molecule has 0 atom stereocenters. The lowest BCUT2D eigenvalue weighted by atomic mass is 9.93. The van der Waals surface area contributed by atoms with Crippen LogP contribution in [0.1, 0.15) is 82.6 Å². The number of rotatable bonds is 10. The summed E-state index contributed by atoms with van der Waals surface area (Å²) in [5.74, 6) is -2.22. The molecule has 0 saturated carbocycles. The molecule has 0 unspecified atom stereocenters. The Balaban J connectivity index is 1.27. The monoisotopic (exact) mass is 452 g/mol. The summed E-state index contributed by atoms with van der Waals surface area (Å²) in [6.07, 6.45) is 13.5. The molecule has 0 nitrogen and oxygen atoms in total. The summed E-state index contributed by atoms with van der Waals surface area (Å²) < 4.78 is 40.2. The van der Waals surface area contributed by atoms with E-state index in [0.717, 1.165) is 18.8 Å². The van der Waals surface area contributed by atoms with Gasteiger partial charge < -0.3 is 0 Å². The van der Waals surface area contributed by atoms with Gasteiger partial charge in [0.25, 0.3) is 0 Å². The van der Waals surface area contributed by atoms with Crippen molar-refractivity contribution < 1.29 is 13.2 Å². The van der Waals surface area contributed by atoms with Crippen molar-refractivity contribution in [3.8, 4) is 0 Å². The lowest BCUT2D eigenvalue weighted by Crippen LogP contribution is -2.22. The Hall–Kier alpha value is -0.556. The second-order valence-electron chi connectivity index (χ2n) is 9.72. The Bertz CT molecular complexity index is 612. The van der Waals surface area contributed by atoms with Crippen molar-refractivity contribution >= 4 is 17.6 Å². The first-order valence-corrected chi connectivity index (χ1v) is 16.6. The molecule has 2 aliphatic rings. The third-order valence-corrected chi connectivity index (χ3v) is 13.6. The molecule has 0 bridgehead atoms. The van der Waals surface area contributed by atoms with Gasteiger partial charge in [-0.15, -0.1) is 0 Å². The number of unbranched alkanes of at least 4 members (excludes halogenated alkanes) is 3. The van der Waals surface area contributed by atoms with Crippen molar-refractivity contribution in [3.05, 3.63) is 35.1 Å². The first kappa shape index (κ1) is 24.1. The summed E-state index contributed by atoms with van der Waals surface area (Å²) in [5, 5.41) is 0. The zero-order chi connectivity index (χ0) is 21.3. The van der Waals surface area contributed by atoms with Gasteiger partial charge in [-0.2, -0.15) is 0 Å². The lowest BCUT2D eigenvalue weighted by molar-refractivity contribution is 0.420. The van der Waals surface area contributed by atoms with Gasteiger partial charge in [-0.25, -0.2) is 13.2 Å². The Morgan fingerprint density at radius 2 is 1.30 bits per heavy atom. The second kappa shape index (κ2) is 12.5. The highest BCUT2D eigenvalue weighted by Crippen LogP contribution is 2.37. The summed E-state index contributed by atoms with van der Waals surface area (Å²) >= 11 is 0. The van der Waals surface area contributed by atoms with E-state index in [4.69, 9.17) is 0 Å². The first-order chi connectivity index (χ1) is 14.6. The van der Waals surface area contributed by atoms with Gasteiger partial charge in [0.15, 0.2) is 17.5 Å². The molecule has 2 aliphatic heterocycles. The topological polar surface area (TPSA) is 0 Å². The van der Waals surface area contributed by atoms with E-state index in [-0.39, 0.29) is 23.5 Å². The minimum atomic E-state index is -1.34. The molecule has 168 valence electrons. The van der Waals surface area contributed by atoms with E-state index >= 15 is 0 Å². The standard InChI is InChI=1S/C25H39F3Si2/c1-2-3-5-12-29-14-8-20(9-15-29)7-4-6-13-30-16-10-21(11-17-30)22-18-23(26)25(28)24(27)19-22/h18-21H,2-17H2,1H3. The predicted molar refractivity (Wildman–Crippen MR) is 125 cm³/mol. The lowest BCUT2D eigenvalue weighted by Gasteiger charge is -2.29. The fraction of sp³-hybridized carbons (Fsp3) is 0.760. The number of hydrogen-bond donors (Lipinski definition) is 0. The van der Waals surface area contributed by atoms with Crippen LogP contribution in [0.3, 0.4) is 0 Å². The van der Waals surface area contributed by atoms with Crippen molar-refractivity contribution in [1.29, 1.82) is 0 Å². The number of halogens is 3. The average molecular weight is 453 g/mol. The molecule has 3 rings (SSSR count). The van der Waals surface area contributed by atoms with Crippen LogP contribution >= 0.6 is 0 Å². The molecule has 0 N–H and O–H groups in total. The molecular formula is C25H39F3Si2. The van der Waals surface area contributed by atoms with Gasteiger partial charge in [0.1, 0.15) is 0 Å². The molecular weight excluding hydrogens is 413 g/mol. The minimum Gasteiger partial charge on any atom is -0.204 e. The Morgan fingerprint density at radius 1 is 0.767 bits per heavy atom. The van der Waals surface area contributed by atoms with Gasteiger partial charge in [0.2, 0.25) is 0 Å². The molecule has 0 aromatic heterocycles. The van der Waals surface area contributed by atoms with E-state index < -0.39 is 17.5 Å². The van der Waals surface area contributed by atoms with Crippen LogP contribution in [0.4, 0.5) is 13.2 Å². The highest BCUT2D eigenvalue weighted by molar-refractivity contribution is 6.59. The zero-order valence-corrected chi connectivity index (χ0v) is 20.8. The largest absolute Gasteiger partial charge is 0.204 e. The summed E-state index contributed by atoms with van der Waals surface area (Å²) in [7, 11) is -0.294. The van der Waals surface area contributed by atoms with Crippen LogP contribution in [0.5, 0.6) is 0 Å². The van der Waals surface area contributed by atoms with E-state index in [0.29, 0.717) is 5.56 Å². The maximum atomic E-state index is 13.5. The smallest absolute Gasteiger partial charge is 0.194 e. The normalized spacial score (nSPS) is 20.1. The SMILES string of the molecule is CCCCC[Si]1CCC(CCCC[Si]2CCC(c3cc(F)c(F)c(F)c3)CC2)CC1. The molecule has 1 aromatic carbocycles. The highest BCUT2D eigenvalue weighted by Gasteiger charge is 2.26. The van der Waals surface area contributed by atoms with Crippen LogP contribution < -0.4 is 0 Å². The summed E-state index contributed by atoms with van der Waals surface area (Å²) in [6.45, 7) is 2.30. The third kappa shape index (κ3) is 7.25. The number of benzene rings is 1. The van der Waals surface area contributed by atoms with Crippen molar-refractivity contribution in [2.45, 2.75) is 113 Å². The number of hydrogen-bond acceptors (Lipinski definition) is 0. The third-order valence-electron chi connectivity index (χ3n) is 7.51. The molecule has 0 spiro atoms. The summed E-state index contributed by atoms with van der Waals surface area (Å²) in [4.78, 5) is 0. The molecule has 0 aliphatic carbocycles. The maximum Gasteiger partial charge on any atom is 0.194 e. The zero-order valence-electron chi connectivity index (χ0n) is 18.8. The van der Waals surface area contributed by atoms with Crippen LogP contribution in [-0.4, -0.2) is 17.6 Å². The van der Waals surface area contributed by atoms with E-state index in [1.165, 1.54) is 81.6 Å². The highest BCUT2D eigenvalue weighted by atomic mass is 28.3. The Labute approximate surface area is 185 Å². The predicted octanol–water partition coefficient (Wildman–Crippen LogP) is 8.74. The second-order valence-corrected chi connectivity index (χ2v) is 15.7. The molecule has 5 heteroatoms. The van der Waals surface area contributed by atoms with Crippen molar-refractivity contribution in [2.24, 2.45) is 5.92 Å². The van der Waals surface area contributed by atoms with Gasteiger partial charge in [-0.05, 0) is 42.4 Å². The van der Waals surface area contributed by atoms with Crippen LogP contribution in [0, 0.1) is 23.4 Å². The molecule has 0 amide bonds. The van der Waals surface area contributed by atoms with Crippen molar-refractivity contribution in [3.63, 3.8) is 0 Å². The summed E-state index contributed by atoms with van der Waals surface area (Å²) in [6, 6.07) is 11.0. The van der Waals surface area contributed by atoms with Crippen LogP contribution in [-0.2, 0) is 0 Å². The molecule has 2 heterocycles. The molecule has 2 fully saturated rings. The van der Waals surface area contributed by atoms with Gasteiger partial charge in [0, 0.05) is 17.6 Å². The molecule has 30 heavy (non-hydrogen) atoms. The molecule has 1 aromatic rings. The van der Waals surface area contributed by atoms with Crippen LogP contribution in [0.2, 0.25) is 36.3 Å². The Morgan fingerprint density at radius 3 is 1.87 bits per heavy atom. The van der Waals surface area contributed by atoms with Gasteiger partial charge >= 0.3 is 0 Å². The van der Waals surface area contributed by atoms with Gasteiger partial charge in [-0.3, -0.25) is 0 Å². The molecule has 2 saturated heterocycles. The summed E-state index contributed by atoms with van der Waals surface area (Å²) in [5.41, 5.74) is 0.653. The Kier molecular flexibility index (Phi) is 10.0. The minimum absolute atomic E-state index is 0.00191. The fourth-order valence-electron chi connectivity index (χ4n) is 5.48. The van der Waals surface area contributed by atoms with Gasteiger partial charge in [-0.1, -0.05) is 94.6 Å². The van der Waals surface area contributed by atoms with Crippen molar-refractivity contribution in [2.75, 3.05) is 0 Å². The molecule has 2 radical (unpaired) electrons. The van der Waals surface area contributed by atoms with Crippen LogP contribution in [0.25, 0.3) is 0 Å². The van der Waals surface area contributed by atoms with Crippen molar-refractivity contribution in [1.82, 2.24) is 0 Å². The van der Waals surface area contributed by atoms with E-state index in [1.54, 1.807) is 18.1 Å². The van der Waals surface area contributed by atoms with E-state index in [9.17, 15) is 13.2 Å². The van der Waals surface area contributed by atoms with Gasteiger partial charge in [0.05, 0.1) is 0 Å². The van der Waals surface area contributed by atoms with E-state index in [2.05, 4.69) is 6.92 Å². The maximum absolute atomic E-state index is 13.5. The fourth-order valence-corrected chi connectivity index (χ4v) is 11.6. The first-order valence-electron chi connectivity index (χ1n) is 12.4.